The number of aliphatic hydroxyl groups excluding tert-OH is 1. The zero-order valence-electron chi connectivity index (χ0n) is 16.0. The van der Waals surface area contributed by atoms with Crippen molar-refractivity contribution in [2.75, 3.05) is 7.11 Å². The Morgan fingerprint density at radius 1 is 1.10 bits per heavy atom. The first-order chi connectivity index (χ1) is 13.6. The molecular weight excluding hydrogens is 380 g/mol. The van der Waals surface area contributed by atoms with E-state index in [0.29, 0.717) is 16.3 Å². The molecule has 0 aliphatic carbocycles. The third kappa shape index (κ3) is 2.97. The Bertz CT molecular complexity index is 1310. The largest absolute Gasteiger partial charge is 0.508 e. The van der Waals surface area contributed by atoms with Crippen LogP contribution in [-0.2, 0) is 6.42 Å². The number of ether oxygens (including phenoxy) is 1. The minimum Gasteiger partial charge on any atom is -0.508 e. The maximum atomic E-state index is 12.8. The Hall–Kier alpha value is -3.23. The van der Waals surface area contributed by atoms with E-state index in [1.807, 2.05) is 0 Å². The van der Waals surface area contributed by atoms with Crippen LogP contribution in [0.15, 0.2) is 37.9 Å². The van der Waals surface area contributed by atoms with Crippen LogP contribution in [0.25, 0.3) is 32.9 Å². The van der Waals surface area contributed by atoms with Crippen LogP contribution in [0.5, 0.6) is 17.2 Å². The maximum absolute atomic E-state index is 12.8. The highest BCUT2D eigenvalue weighted by molar-refractivity contribution is 6.14. The first-order valence-corrected chi connectivity index (χ1v) is 8.93. The van der Waals surface area contributed by atoms with Gasteiger partial charge in [0.25, 0.3) is 0 Å². The van der Waals surface area contributed by atoms with Crippen LogP contribution < -0.4 is 10.4 Å². The van der Waals surface area contributed by atoms with E-state index in [9.17, 15) is 25.2 Å². The van der Waals surface area contributed by atoms with Gasteiger partial charge >= 0.3 is 5.63 Å². The molecule has 4 aromatic rings. The van der Waals surface area contributed by atoms with Gasteiger partial charge in [-0.05, 0) is 26.0 Å². The van der Waals surface area contributed by atoms with Crippen molar-refractivity contribution in [3.05, 3.63) is 40.2 Å². The lowest BCUT2D eigenvalue weighted by atomic mass is 9.92. The summed E-state index contributed by atoms with van der Waals surface area (Å²) in [5, 5.41) is 41.6. The van der Waals surface area contributed by atoms with Crippen molar-refractivity contribution >= 4 is 32.9 Å². The number of fused-ring (bicyclic) bond motifs is 5. The fourth-order valence-corrected chi connectivity index (χ4v) is 3.49. The van der Waals surface area contributed by atoms with Crippen LogP contribution in [0.2, 0.25) is 0 Å². The van der Waals surface area contributed by atoms with Gasteiger partial charge in [-0.15, -0.1) is 0 Å². The fourth-order valence-electron chi connectivity index (χ4n) is 3.49. The number of aliphatic hydroxyl groups is 2. The van der Waals surface area contributed by atoms with Crippen molar-refractivity contribution in [2.45, 2.75) is 32.0 Å². The van der Waals surface area contributed by atoms with Gasteiger partial charge in [0.1, 0.15) is 22.3 Å². The molecule has 2 heterocycles. The summed E-state index contributed by atoms with van der Waals surface area (Å²) in [7, 11) is 1.35. The highest BCUT2D eigenvalue weighted by Gasteiger charge is 2.30. The smallest absolute Gasteiger partial charge is 0.348 e. The average molecular weight is 400 g/mol. The normalized spacial score (nSPS) is 13.4. The molecule has 0 spiro atoms. The van der Waals surface area contributed by atoms with Crippen LogP contribution in [-0.4, -0.2) is 39.2 Å². The van der Waals surface area contributed by atoms with Crippen LogP contribution in [0.1, 0.15) is 19.4 Å². The van der Waals surface area contributed by atoms with Crippen LogP contribution in [0.3, 0.4) is 0 Å². The van der Waals surface area contributed by atoms with Crippen LogP contribution in [0, 0.1) is 0 Å². The lowest BCUT2D eigenvalue weighted by Crippen LogP contribution is -2.37. The summed E-state index contributed by atoms with van der Waals surface area (Å²) in [5.41, 5.74) is -1.26. The van der Waals surface area contributed by atoms with E-state index in [1.165, 1.54) is 39.2 Å². The fraction of sp³-hybridized carbons (Fsp3) is 0.286. The first-order valence-electron chi connectivity index (χ1n) is 8.93. The molecule has 0 saturated carbocycles. The predicted octanol–water partition coefficient (Wildman–Crippen LogP) is 2.79. The van der Waals surface area contributed by atoms with Gasteiger partial charge in [0.05, 0.1) is 24.2 Å². The van der Waals surface area contributed by atoms with Gasteiger partial charge in [0.15, 0.2) is 17.1 Å². The highest BCUT2D eigenvalue weighted by Crippen LogP contribution is 2.43. The minimum atomic E-state index is -1.43. The van der Waals surface area contributed by atoms with Crippen molar-refractivity contribution < 1.29 is 34.0 Å². The predicted molar refractivity (Wildman–Crippen MR) is 106 cm³/mol. The van der Waals surface area contributed by atoms with E-state index >= 15 is 0 Å². The summed E-state index contributed by atoms with van der Waals surface area (Å²) < 4.78 is 16.5. The average Bonchev–Trinajstić information content (AvgIpc) is 3.00. The summed E-state index contributed by atoms with van der Waals surface area (Å²) in [6, 6.07) is 5.62. The number of phenols is 2. The zero-order valence-corrected chi connectivity index (χ0v) is 16.0. The summed E-state index contributed by atoms with van der Waals surface area (Å²) in [6.07, 6.45) is -1.32. The molecule has 29 heavy (non-hydrogen) atoms. The van der Waals surface area contributed by atoms with Gasteiger partial charge < -0.3 is 34.0 Å². The Morgan fingerprint density at radius 3 is 2.48 bits per heavy atom. The maximum Gasteiger partial charge on any atom is 0.348 e. The monoisotopic (exact) mass is 400 g/mol. The molecule has 8 nitrogen and oxygen atoms in total. The number of hydrogen-bond donors (Lipinski definition) is 4. The third-order valence-corrected chi connectivity index (χ3v) is 5.05. The molecular formula is C21H20O8. The lowest BCUT2D eigenvalue weighted by molar-refractivity contribution is -0.0469. The van der Waals surface area contributed by atoms with E-state index in [1.54, 1.807) is 6.07 Å². The number of aromatic hydroxyl groups is 2. The van der Waals surface area contributed by atoms with E-state index < -0.39 is 17.3 Å². The molecule has 0 unspecified atom stereocenters. The van der Waals surface area contributed by atoms with Crippen LogP contribution >= 0.6 is 0 Å². The SMILES string of the molecule is COc1c(O)cc2oc3c4ccc(O)cc4oc(=O)c3c2c1C[C@H](O)C(C)(C)O. The Labute approximate surface area is 164 Å². The second kappa shape index (κ2) is 6.40. The van der Waals surface area contributed by atoms with E-state index in [-0.39, 0.29) is 45.8 Å². The van der Waals surface area contributed by atoms with E-state index in [4.69, 9.17) is 13.6 Å². The van der Waals surface area contributed by atoms with Crippen molar-refractivity contribution in [1.82, 2.24) is 0 Å². The summed E-state index contributed by atoms with van der Waals surface area (Å²) in [4.78, 5) is 12.8. The molecule has 0 fully saturated rings. The molecule has 0 bridgehead atoms. The second-order valence-electron chi connectivity index (χ2n) is 7.53. The molecule has 4 N–H and O–H groups in total. The van der Waals surface area contributed by atoms with Gasteiger partial charge in [0, 0.05) is 29.5 Å². The number of methoxy groups -OCH3 is 1. The van der Waals surface area contributed by atoms with Crippen LogP contribution in [0.4, 0.5) is 0 Å². The Balaban J connectivity index is 2.15. The van der Waals surface area contributed by atoms with Gasteiger partial charge in [-0.2, -0.15) is 0 Å². The molecule has 152 valence electrons. The Morgan fingerprint density at radius 2 is 1.83 bits per heavy atom. The topological polar surface area (TPSA) is 134 Å². The number of rotatable bonds is 4. The Kier molecular flexibility index (Phi) is 4.21. The van der Waals surface area contributed by atoms with E-state index in [0.717, 1.165) is 0 Å². The summed E-state index contributed by atoms with van der Waals surface area (Å²) >= 11 is 0. The molecule has 4 rings (SSSR count). The second-order valence-corrected chi connectivity index (χ2v) is 7.53. The standard InChI is InChI=1S/C21H20O8/c1-21(2,26)15(24)7-11-16-14(8-12(23)18(11)27-3)28-19-10-5-4-9(22)6-13(10)29-20(25)17(16)19/h4-6,8,15,22-24,26H,7H2,1-3H3/t15-/m0/s1. The molecule has 1 atom stereocenters. The molecule has 0 radical (unpaired) electrons. The molecule has 0 amide bonds. The molecule has 2 aromatic heterocycles. The van der Waals surface area contributed by atoms with Crippen molar-refractivity contribution in [3.8, 4) is 17.2 Å². The summed E-state index contributed by atoms with van der Waals surface area (Å²) in [5.74, 6) is -0.235. The molecule has 0 saturated heterocycles. The number of benzene rings is 2. The molecule has 2 aromatic carbocycles. The first kappa shape index (κ1) is 19.1. The van der Waals surface area contributed by atoms with Gasteiger partial charge in [0.2, 0.25) is 0 Å². The number of hydrogen-bond acceptors (Lipinski definition) is 8. The molecule has 0 aliphatic rings. The number of phenolic OH excluding ortho intramolecular Hbond substituents is 2. The quantitative estimate of drug-likeness (QED) is 0.384. The summed E-state index contributed by atoms with van der Waals surface area (Å²) in [6.45, 7) is 2.90. The lowest BCUT2D eigenvalue weighted by Gasteiger charge is -2.25. The van der Waals surface area contributed by atoms with Crippen molar-refractivity contribution in [3.63, 3.8) is 0 Å². The van der Waals surface area contributed by atoms with E-state index in [2.05, 4.69) is 0 Å². The molecule has 8 heteroatoms. The van der Waals surface area contributed by atoms with Crippen molar-refractivity contribution in [2.24, 2.45) is 0 Å². The van der Waals surface area contributed by atoms with Gasteiger partial charge in [-0.1, -0.05) is 0 Å². The minimum absolute atomic E-state index is 0.0636. The number of furan rings is 1. The highest BCUT2D eigenvalue weighted by atomic mass is 16.5. The van der Waals surface area contributed by atoms with Gasteiger partial charge in [-0.3, -0.25) is 0 Å². The van der Waals surface area contributed by atoms with Crippen molar-refractivity contribution in [1.29, 1.82) is 0 Å². The van der Waals surface area contributed by atoms with Gasteiger partial charge in [-0.25, -0.2) is 4.79 Å². The third-order valence-electron chi connectivity index (χ3n) is 5.05. The zero-order chi connectivity index (χ0) is 21.1. The molecule has 0 aliphatic heterocycles.